The second kappa shape index (κ2) is 7.59. The van der Waals surface area contributed by atoms with Crippen LogP contribution in [0.3, 0.4) is 0 Å². The summed E-state index contributed by atoms with van der Waals surface area (Å²) in [4.78, 5) is 16.0. The number of nitrogens with two attached hydrogens (primary N) is 1. The number of pyridine rings is 1. The highest BCUT2D eigenvalue weighted by molar-refractivity contribution is 9.10. The smallest absolute Gasteiger partial charge is 0.407 e. The number of halogens is 1. The molecule has 0 fully saturated rings. The summed E-state index contributed by atoms with van der Waals surface area (Å²) < 4.78 is 21.2. The minimum Gasteiger partial charge on any atom is -0.444 e. The van der Waals surface area contributed by atoms with Crippen molar-refractivity contribution in [3.05, 3.63) is 16.7 Å². The molecule has 0 aliphatic rings. The maximum Gasteiger partial charge on any atom is 0.407 e. The molecule has 0 aliphatic carbocycles. The summed E-state index contributed by atoms with van der Waals surface area (Å²) in [5.74, 6) is 0.190. The van der Waals surface area contributed by atoms with Gasteiger partial charge in [0, 0.05) is 22.8 Å². The average molecular weight is 407 g/mol. The number of rotatable bonds is 5. The Bertz CT molecular complexity index is 602. The monoisotopic (exact) mass is 406 g/mol. The van der Waals surface area contributed by atoms with Crippen molar-refractivity contribution in [2.45, 2.75) is 50.7 Å². The third-order valence-electron chi connectivity index (χ3n) is 2.49. The summed E-state index contributed by atoms with van der Waals surface area (Å²) in [5.41, 5.74) is 4.54. The third kappa shape index (κ3) is 7.28. The highest BCUT2D eigenvalue weighted by Gasteiger charge is 2.24. The fourth-order valence-corrected chi connectivity index (χ4v) is 3.17. The van der Waals surface area contributed by atoms with E-state index in [2.05, 4.69) is 31.0 Å². The van der Waals surface area contributed by atoms with Crippen LogP contribution in [0.2, 0.25) is 0 Å². The molecule has 1 unspecified atom stereocenters. The lowest BCUT2D eigenvalue weighted by Crippen LogP contribution is -2.50. The van der Waals surface area contributed by atoms with Crippen molar-refractivity contribution in [2.75, 3.05) is 12.3 Å². The Labute approximate surface area is 147 Å². The number of nitrogens with one attached hydrogen (secondary N) is 2. The van der Waals surface area contributed by atoms with E-state index in [-0.39, 0.29) is 12.4 Å². The Balaban J connectivity index is 2.65. The van der Waals surface area contributed by atoms with E-state index in [9.17, 15) is 9.00 Å². The van der Waals surface area contributed by atoms with Crippen molar-refractivity contribution in [3.8, 4) is 0 Å². The van der Waals surface area contributed by atoms with Crippen LogP contribution < -0.4 is 15.8 Å². The molecular formula is C14H23BrN4O3S. The molecule has 7 nitrogen and oxygen atoms in total. The summed E-state index contributed by atoms with van der Waals surface area (Å²) >= 11 is 3.27. The highest BCUT2D eigenvalue weighted by atomic mass is 79.9. The van der Waals surface area contributed by atoms with Crippen LogP contribution in [0.1, 0.15) is 34.6 Å². The normalized spacial score (nSPS) is 13.5. The van der Waals surface area contributed by atoms with Crippen LogP contribution in [-0.4, -0.2) is 33.0 Å². The highest BCUT2D eigenvalue weighted by Crippen LogP contribution is 2.19. The van der Waals surface area contributed by atoms with Crippen LogP contribution >= 0.6 is 15.9 Å². The summed E-state index contributed by atoms with van der Waals surface area (Å²) in [7, 11) is -1.57. The fourth-order valence-electron chi connectivity index (χ4n) is 1.53. The van der Waals surface area contributed by atoms with Gasteiger partial charge in [-0.2, -0.15) is 0 Å². The SMILES string of the molecule is CC(C)(CNC(=O)OC(C)(C)C)NS(=O)c1cc(Br)cnc1N. The van der Waals surface area contributed by atoms with Gasteiger partial charge >= 0.3 is 6.09 Å². The zero-order valence-electron chi connectivity index (χ0n) is 13.9. The van der Waals surface area contributed by atoms with Gasteiger partial charge in [-0.15, -0.1) is 0 Å². The second-order valence-electron chi connectivity index (χ2n) is 6.65. The Morgan fingerprint density at radius 3 is 2.57 bits per heavy atom. The first kappa shape index (κ1) is 19.9. The van der Waals surface area contributed by atoms with Crippen molar-refractivity contribution in [2.24, 2.45) is 0 Å². The summed E-state index contributed by atoms with van der Waals surface area (Å²) in [6, 6.07) is 1.64. The number of hydrogen-bond acceptors (Lipinski definition) is 5. The van der Waals surface area contributed by atoms with Gasteiger partial charge in [0.15, 0.2) is 0 Å². The van der Waals surface area contributed by atoms with E-state index in [0.717, 1.165) is 0 Å². The quantitative estimate of drug-likeness (QED) is 0.695. The number of anilines is 1. The Hall–Kier alpha value is -1.19. The van der Waals surface area contributed by atoms with Gasteiger partial charge in [-0.1, -0.05) is 0 Å². The van der Waals surface area contributed by atoms with Gasteiger partial charge in [-0.25, -0.2) is 18.7 Å². The van der Waals surface area contributed by atoms with Gasteiger partial charge in [0.2, 0.25) is 0 Å². The largest absolute Gasteiger partial charge is 0.444 e. The number of aromatic nitrogens is 1. The molecule has 0 aromatic carbocycles. The topological polar surface area (TPSA) is 106 Å². The molecule has 1 aromatic heterocycles. The van der Waals surface area contributed by atoms with Crippen molar-refractivity contribution in [1.29, 1.82) is 0 Å². The molecule has 0 aliphatic heterocycles. The molecule has 1 atom stereocenters. The Kier molecular flexibility index (Phi) is 6.55. The van der Waals surface area contributed by atoms with Crippen LogP contribution in [0.4, 0.5) is 10.6 Å². The fraction of sp³-hybridized carbons (Fsp3) is 0.571. The van der Waals surface area contributed by atoms with Crippen LogP contribution in [0.5, 0.6) is 0 Å². The van der Waals surface area contributed by atoms with Gasteiger partial charge in [-0.3, -0.25) is 0 Å². The number of carbonyl (C=O) groups excluding carboxylic acids is 1. The van der Waals surface area contributed by atoms with Gasteiger partial charge in [0.05, 0.1) is 4.90 Å². The maximum absolute atomic E-state index is 12.4. The van der Waals surface area contributed by atoms with Crippen molar-refractivity contribution < 1.29 is 13.7 Å². The summed E-state index contributed by atoms with van der Waals surface area (Å²) in [6.07, 6.45) is 1.01. The number of alkyl carbamates (subject to hydrolysis) is 1. The lowest BCUT2D eigenvalue weighted by molar-refractivity contribution is 0.0516. The number of amides is 1. The van der Waals surface area contributed by atoms with E-state index in [4.69, 9.17) is 10.5 Å². The van der Waals surface area contributed by atoms with E-state index in [0.29, 0.717) is 9.37 Å². The van der Waals surface area contributed by atoms with E-state index >= 15 is 0 Å². The molecule has 23 heavy (non-hydrogen) atoms. The van der Waals surface area contributed by atoms with Gasteiger partial charge in [0.1, 0.15) is 22.4 Å². The first-order valence-corrected chi connectivity index (χ1v) is 8.91. The number of nitrogens with zero attached hydrogens (tertiary/aromatic N) is 1. The zero-order valence-corrected chi connectivity index (χ0v) is 16.3. The predicted molar refractivity (Wildman–Crippen MR) is 94.2 cm³/mol. The number of hydrogen-bond donors (Lipinski definition) is 3. The molecule has 1 heterocycles. The Morgan fingerprint density at radius 2 is 2.00 bits per heavy atom. The zero-order chi connectivity index (χ0) is 17.8. The number of carbonyl (C=O) groups is 1. The molecule has 1 aromatic rings. The summed E-state index contributed by atoms with van der Waals surface area (Å²) in [5, 5.41) is 2.65. The Morgan fingerprint density at radius 1 is 1.39 bits per heavy atom. The van der Waals surface area contributed by atoms with E-state index in [1.165, 1.54) is 6.20 Å². The molecular weight excluding hydrogens is 384 g/mol. The third-order valence-corrected chi connectivity index (χ3v) is 4.39. The van der Waals surface area contributed by atoms with Crippen molar-refractivity contribution >= 4 is 38.8 Å². The summed E-state index contributed by atoms with van der Waals surface area (Å²) in [6.45, 7) is 9.21. The van der Waals surface area contributed by atoms with Crippen molar-refractivity contribution in [3.63, 3.8) is 0 Å². The molecule has 1 rings (SSSR count). The molecule has 1 amide bonds. The van der Waals surface area contributed by atoms with Crippen LogP contribution in [0.25, 0.3) is 0 Å². The molecule has 0 radical (unpaired) electrons. The van der Waals surface area contributed by atoms with Crippen molar-refractivity contribution in [1.82, 2.24) is 15.0 Å². The maximum atomic E-state index is 12.4. The molecule has 4 N–H and O–H groups in total. The second-order valence-corrected chi connectivity index (χ2v) is 8.74. The minimum atomic E-state index is -1.57. The molecule has 0 saturated carbocycles. The standard InChI is InChI=1S/C14H23BrN4O3S/c1-13(2,3)22-12(20)18-8-14(4,5)19-23(21)10-6-9(15)7-17-11(10)16/h6-7,19H,8H2,1-5H3,(H2,16,17)(H,18,20). The predicted octanol–water partition coefficient (Wildman–Crippen LogP) is 2.34. The average Bonchev–Trinajstić information content (AvgIpc) is 2.37. The molecule has 9 heteroatoms. The first-order chi connectivity index (χ1) is 10.4. The van der Waals surface area contributed by atoms with E-state index < -0.39 is 28.2 Å². The van der Waals surface area contributed by atoms with E-state index in [1.54, 1.807) is 26.8 Å². The number of ether oxygens (including phenoxy) is 1. The molecule has 0 bridgehead atoms. The van der Waals surface area contributed by atoms with E-state index in [1.807, 2.05) is 13.8 Å². The van der Waals surface area contributed by atoms with Gasteiger partial charge < -0.3 is 15.8 Å². The van der Waals surface area contributed by atoms with Crippen LogP contribution in [0, 0.1) is 0 Å². The number of nitrogen functional groups attached to an aromatic ring is 1. The van der Waals surface area contributed by atoms with Gasteiger partial charge in [0.25, 0.3) is 0 Å². The minimum absolute atomic E-state index is 0.190. The van der Waals surface area contributed by atoms with Crippen LogP contribution in [-0.2, 0) is 15.7 Å². The first-order valence-electron chi connectivity index (χ1n) is 6.97. The lowest BCUT2D eigenvalue weighted by Gasteiger charge is -2.27. The van der Waals surface area contributed by atoms with Gasteiger partial charge in [-0.05, 0) is 56.6 Å². The van der Waals surface area contributed by atoms with Crippen LogP contribution in [0.15, 0.2) is 21.6 Å². The lowest BCUT2D eigenvalue weighted by atomic mass is 10.1. The molecule has 0 spiro atoms. The molecule has 130 valence electrons. The molecule has 0 saturated heterocycles.